The molecule has 0 N–H and O–H groups in total. The molecule has 2 heteroatoms. The van der Waals surface area contributed by atoms with Crippen molar-refractivity contribution < 1.29 is 0 Å². The molecule has 1 rings (SSSR count). The largest absolute Gasteiger partial charge is 0.244 e. The van der Waals surface area contributed by atoms with Gasteiger partial charge >= 0.3 is 0 Å². The highest BCUT2D eigenvalue weighted by atomic mass is 14.8. The van der Waals surface area contributed by atoms with Crippen molar-refractivity contribution in [1.29, 1.82) is 0 Å². The summed E-state index contributed by atoms with van der Waals surface area (Å²) in [4.78, 5) is 7.97. The van der Waals surface area contributed by atoms with Crippen molar-refractivity contribution in [3.05, 3.63) is 23.1 Å². The van der Waals surface area contributed by atoms with Gasteiger partial charge in [-0.15, -0.1) is 0 Å². The van der Waals surface area contributed by atoms with E-state index >= 15 is 0 Å². The third-order valence-corrected chi connectivity index (χ3v) is 1.36. The first-order valence-electron chi connectivity index (χ1n) is 3.27. The van der Waals surface area contributed by atoms with Crippen molar-refractivity contribution in [2.24, 2.45) is 0 Å². The molecule has 0 radical (unpaired) electrons. The van der Waals surface area contributed by atoms with Gasteiger partial charge in [-0.05, 0) is 13.8 Å². The van der Waals surface area contributed by atoms with Crippen LogP contribution in [0.2, 0.25) is 0 Å². The van der Waals surface area contributed by atoms with Crippen molar-refractivity contribution >= 4 is 12.2 Å². The fourth-order valence-corrected chi connectivity index (χ4v) is 0.813. The summed E-state index contributed by atoms with van der Waals surface area (Å²) in [6, 6.07) is 0. The number of hydrogen-bond donors (Lipinski definition) is 0. The molecule has 0 fully saturated rings. The molecular formula is C8H10N2. The van der Waals surface area contributed by atoms with E-state index in [1.54, 1.807) is 6.33 Å². The molecule has 0 unspecified atom stereocenters. The fourth-order valence-electron chi connectivity index (χ4n) is 0.813. The Hall–Kier alpha value is -1.18. The molecule has 0 aliphatic carbocycles. The third-order valence-electron chi connectivity index (χ3n) is 1.36. The molecule has 0 saturated carbocycles. The van der Waals surface area contributed by atoms with Gasteiger partial charge < -0.3 is 0 Å². The summed E-state index contributed by atoms with van der Waals surface area (Å²) in [6.07, 6.45) is 7.33. The van der Waals surface area contributed by atoms with E-state index in [-0.39, 0.29) is 0 Å². The molecule has 0 amide bonds. The van der Waals surface area contributed by atoms with Crippen molar-refractivity contribution in [1.82, 2.24) is 9.97 Å². The number of aromatic nitrogens is 2. The second kappa shape index (κ2) is 3.11. The molecule has 0 aromatic carbocycles. The van der Waals surface area contributed by atoms with Crippen LogP contribution in [0.15, 0.2) is 12.5 Å². The first-order chi connectivity index (χ1) is 4.88. The van der Waals surface area contributed by atoms with Gasteiger partial charge in [0.2, 0.25) is 0 Å². The molecule has 0 bridgehead atoms. The predicted octanol–water partition coefficient (Wildman–Crippen LogP) is 0.0774. The molecule has 0 aliphatic rings. The van der Waals surface area contributed by atoms with Gasteiger partial charge in [0.1, 0.15) is 6.33 Å². The van der Waals surface area contributed by atoms with Gasteiger partial charge in [0.05, 0.1) is 5.35 Å². The van der Waals surface area contributed by atoms with E-state index in [9.17, 15) is 0 Å². The number of nitrogens with zero attached hydrogens (tertiary/aromatic N) is 2. The molecule has 1 aromatic heterocycles. The molecule has 10 heavy (non-hydrogen) atoms. The zero-order valence-corrected chi connectivity index (χ0v) is 6.20. The smallest absolute Gasteiger partial charge is 0.116 e. The number of hydrogen-bond acceptors (Lipinski definition) is 2. The van der Waals surface area contributed by atoms with Crippen molar-refractivity contribution in [3.63, 3.8) is 0 Å². The predicted molar refractivity (Wildman–Crippen MR) is 41.6 cm³/mol. The van der Waals surface area contributed by atoms with Crippen LogP contribution in [-0.4, -0.2) is 9.97 Å². The van der Waals surface area contributed by atoms with E-state index in [1.807, 2.05) is 32.2 Å². The Bertz CT molecular complexity index is 281. The van der Waals surface area contributed by atoms with Crippen molar-refractivity contribution in [2.75, 3.05) is 0 Å². The van der Waals surface area contributed by atoms with Crippen molar-refractivity contribution in [3.8, 4) is 0 Å². The molecule has 0 saturated heterocycles. The van der Waals surface area contributed by atoms with Crippen LogP contribution in [0.25, 0.3) is 12.2 Å². The standard InChI is InChI=1S/C8H10N2/c1-3-7-5-9-6-10-8(7)4-2/h3-6H,1-2H3/b7-3-,8-4+. The monoisotopic (exact) mass is 134 g/mol. The summed E-state index contributed by atoms with van der Waals surface area (Å²) >= 11 is 0. The molecule has 52 valence electrons. The van der Waals surface area contributed by atoms with E-state index in [1.165, 1.54) is 0 Å². The van der Waals surface area contributed by atoms with Crippen LogP contribution >= 0.6 is 0 Å². The molecule has 0 spiro atoms. The Balaban J connectivity index is 3.53. The summed E-state index contributed by atoms with van der Waals surface area (Å²) in [7, 11) is 0. The average molecular weight is 134 g/mol. The maximum atomic E-state index is 4.07. The van der Waals surface area contributed by atoms with Crippen LogP contribution < -0.4 is 10.6 Å². The lowest BCUT2D eigenvalue weighted by Gasteiger charge is -1.84. The van der Waals surface area contributed by atoms with Crippen LogP contribution in [-0.2, 0) is 0 Å². The molecule has 1 aromatic rings. The Morgan fingerprint density at radius 2 is 2.10 bits per heavy atom. The zero-order valence-electron chi connectivity index (χ0n) is 6.20. The Kier molecular flexibility index (Phi) is 2.15. The van der Waals surface area contributed by atoms with E-state index in [4.69, 9.17) is 0 Å². The highest BCUT2D eigenvalue weighted by Crippen LogP contribution is 1.59. The van der Waals surface area contributed by atoms with Gasteiger partial charge in [-0.25, -0.2) is 9.97 Å². The van der Waals surface area contributed by atoms with Crippen LogP contribution in [0.4, 0.5) is 0 Å². The first kappa shape index (κ1) is 6.93. The first-order valence-corrected chi connectivity index (χ1v) is 3.27. The summed E-state index contributed by atoms with van der Waals surface area (Å²) in [5.74, 6) is 0. The highest BCUT2D eigenvalue weighted by molar-refractivity contribution is 5.22. The minimum Gasteiger partial charge on any atom is -0.244 e. The maximum Gasteiger partial charge on any atom is 0.116 e. The second-order valence-corrected chi connectivity index (χ2v) is 1.94. The molecular weight excluding hydrogens is 124 g/mol. The molecule has 2 nitrogen and oxygen atoms in total. The zero-order chi connectivity index (χ0) is 7.40. The molecule has 0 atom stereocenters. The normalized spacial score (nSPS) is 14.2. The summed E-state index contributed by atoms with van der Waals surface area (Å²) in [5, 5.41) is 2.09. The van der Waals surface area contributed by atoms with Crippen molar-refractivity contribution in [2.45, 2.75) is 13.8 Å². The second-order valence-electron chi connectivity index (χ2n) is 1.94. The van der Waals surface area contributed by atoms with Gasteiger partial charge in [-0.3, -0.25) is 0 Å². The maximum absolute atomic E-state index is 4.07. The quantitative estimate of drug-likeness (QED) is 0.502. The van der Waals surface area contributed by atoms with E-state index in [2.05, 4.69) is 9.97 Å². The number of rotatable bonds is 0. The fraction of sp³-hybridized carbons (Fsp3) is 0.250. The Morgan fingerprint density at radius 3 is 2.60 bits per heavy atom. The Labute approximate surface area is 60.0 Å². The highest BCUT2D eigenvalue weighted by Gasteiger charge is 1.79. The SMILES string of the molecule is C/C=c1/cncn/c1=C/C. The lowest BCUT2D eigenvalue weighted by molar-refractivity contribution is 1.10. The van der Waals surface area contributed by atoms with E-state index in [0.717, 1.165) is 10.6 Å². The minimum atomic E-state index is 0.998. The van der Waals surface area contributed by atoms with Gasteiger partial charge in [-0.1, -0.05) is 12.2 Å². The average Bonchev–Trinajstić information content (AvgIpc) is 2.04. The van der Waals surface area contributed by atoms with Crippen LogP contribution in [0, 0.1) is 0 Å². The lowest BCUT2D eigenvalue weighted by atomic mass is 10.4. The van der Waals surface area contributed by atoms with Gasteiger partial charge in [0.15, 0.2) is 0 Å². The van der Waals surface area contributed by atoms with Gasteiger partial charge in [-0.2, -0.15) is 0 Å². The van der Waals surface area contributed by atoms with Crippen LogP contribution in [0.5, 0.6) is 0 Å². The van der Waals surface area contributed by atoms with E-state index < -0.39 is 0 Å². The third kappa shape index (κ3) is 1.21. The van der Waals surface area contributed by atoms with Crippen LogP contribution in [0.3, 0.4) is 0 Å². The van der Waals surface area contributed by atoms with Crippen LogP contribution in [0.1, 0.15) is 13.8 Å². The van der Waals surface area contributed by atoms with E-state index in [0.29, 0.717) is 0 Å². The van der Waals surface area contributed by atoms with Gasteiger partial charge in [0.25, 0.3) is 0 Å². The topological polar surface area (TPSA) is 25.8 Å². The molecule has 1 heterocycles. The summed E-state index contributed by atoms with van der Waals surface area (Å²) < 4.78 is 0. The summed E-state index contributed by atoms with van der Waals surface area (Å²) in [6.45, 7) is 3.95. The summed E-state index contributed by atoms with van der Waals surface area (Å²) in [5.41, 5.74) is 0. The molecule has 0 aliphatic heterocycles. The lowest BCUT2D eigenvalue weighted by Crippen LogP contribution is -2.27. The minimum absolute atomic E-state index is 0.998. The van der Waals surface area contributed by atoms with Gasteiger partial charge in [0, 0.05) is 11.4 Å². The Morgan fingerprint density at radius 1 is 1.30 bits per heavy atom.